The van der Waals surface area contributed by atoms with Gasteiger partial charge in [-0.25, -0.2) is 22.0 Å². The summed E-state index contributed by atoms with van der Waals surface area (Å²) in [6.07, 6.45) is -8.32. The van der Waals surface area contributed by atoms with Gasteiger partial charge in [0.05, 0.1) is 29.6 Å². The highest BCUT2D eigenvalue weighted by molar-refractivity contribution is 7.92. The Labute approximate surface area is 220 Å². The quantitative estimate of drug-likeness (QED) is 0.479. The standard InChI is InChI=1S/C24H24F5N3O6S/c1-23(2,24(27,28)29)38-22(34)31-14-5-8-20-19(9-14)32(39(35,36)16-6-3-13(25)4-7-16)12-15(37-20)11-30-21(33)17-10-18(17)26/h3-9,15,17-18H,10-12H2,1-2H3,(H,30,33)(H,31,34)/t15-,17?,18-/m0/s1. The number of anilines is 2. The topological polar surface area (TPSA) is 114 Å². The van der Waals surface area contributed by atoms with Crippen molar-refractivity contribution in [2.75, 3.05) is 22.7 Å². The molecule has 2 aromatic rings. The Morgan fingerprint density at radius 2 is 1.77 bits per heavy atom. The molecule has 212 valence electrons. The summed E-state index contributed by atoms with van der Waals surface area (Å²) in [6.45, 7) is 0.835. The minimum absolute atomic E-state index is 0.00974. The predicted octanol–water partition coefficient (Wildman–Crippen LogP) is 4.15. The van der Waals surface area contributed by atoms with Crippen LogP contribution in [0, 0.1) is 11.7 Å². The summed E-state index contributed by atoms with van der Waals surface area (Å²) < 4.78 is 104. The van der Waals surface area contributed by atoms with Gasteiger partial charge in [0.1, 0.15) is 23.8 Å². The number of rotatable bonds is 7. The molecular weight excluding hydrogens is 553 g/mol. The van der Waals surface area contributed by atoms with Crippen LogP contribution < -0.4 is 19.7 Å². The highest BCUT2D eigenvalue weighted by Crippen LogP contribution is 2.40. The van der Waals surface area contributed by atoms with Gasteiger partial charge < -0.3 is 14.8 Å². The van der Waals surface area contributed by atoms with Crippen LogP contribution in [0.5, 0.6) is 5.75 Å². The van der Waals surface area contributed by atoms with E-state index in [-0.39, 0.29) is 41.5 Å². The van der Waals surface area contributed by atoms with Gasteiger partial charge in [-0.15, -0.1) is 0 Å². The largest absolute Gasteiger partial charge is 0.484 e. The first-order valence-electron chi connectivity index (χ1n) is 11.7. The van der Waals surface area contributed by atoms with Gasteiger partial charge in [-0.1, -0.05) is 0 Å². The van der Waals surface area contributed by atoms with Crippen molar-refractivity contribution in [2.24, 2.45) is 5.92 Å². The molecule has 0 aromatic heterocycles. The number of amides is 2. The van der Waals surface area contributed by atoms with Crippen LogP contribution in [0.3, 0.4) is 0 Å². The van der Waals surface area contributed by atoms with Crippen molar-refractivity contribution in [3.63, 3.8) is 0 Å². The number of carbonyl (C=O) groups is 2. The van der Waals surface area contributed by atoms with Gasteiger partial charge in [0, 0.05) is 5.69 Å². The molecule has 4 rings (SSSR count). The van der Waals surface area contributed by atoms with Crippen molar-refractivity contribution in [3.8, 4) is 5.75 Å². The molecule has 1 fully saturated rings. The first kappa shape index (κ1) is 28.4. The van der Waals surface area contributed by atoms with Crippen molar-refractivity contribution in [1.82, 2.24) is 5.32 Å². The maximum absolute atomic E-state index is 13.5. The van der Waals surface area contributed by atoms with Gasteiger partial charge in [-0.2, -0.15) is 13.2 Å². The van der Waals surface area contributed by atoms with Crippen LogP contribution in [0.4, 0.5) is 38.1 Å². The van der Waals surface area contributed by atoms with Crippen LogP contribution >= 0.6 is 0 Å². The van der Waals surface area contributed by atoms with Crippen LogP contribution in [0.1, 0.15) is 20.3 Å². The monoisotopic (exact) mass is 577 g/mol. The van der Waals surface area contributed by atoms with E-state index in [4.69, 9.17) is 4.74 Å². The van der Waals surface area contributed by atoms with E-state index in [9.17, 15) is 40.0 Å². The molecule has 1 unspecified atom stereocenters. The van der Waals surface area contributed by atoms with Crippen LogP contribution in [0.2, 0.25) is 0 Å². The number of nitrogens with one attached hydrogen (secondary N) is 2. The lowest BCUT2D eigenvalue weighted by Crippen LogP contribution is -2.48. The molecule has 9 nitrogen and oxygen atoms in total. The summed E-state index contributed by atoms with van der Waals surface area (Å²) in [5, 5.41) is 4.66. The molecule has 2 aromatic carbocycles. The number of nitrogens with zero attached hydrogens (tertiary/aromatic N) is 1. The lowest BCUT2D eigenvalue weighted by Gasteiger charge is -2.36. The molecule has 0 bridgehead atoms. The number of ether oxygens (including phenoxy) is 2. The fourth-order valence-corrected chi connectivity index (χ4v) is 5.17. The molecule has 15 heteroatoms. The molecule has 1 aliphatic heterocycles. The fourth-order valence-electron chi connectivity index (χ4n) is 3.67. The Kier molecular flexibility index (Phi) is 7.40. The summed E-state index contributed by atoms with van der Waals surface area (Å²) in [5.74, 6) is -1.97. The highest BCUT2D eigenvalue weighted by atomic mass is 32.2. The van der Waals surface area contributed by atoms with Crippen molar-refractivity contribution >= 4 is 33.4 Å². The smallest absolute Gasteiger partial charge is 0.427 e. The zero-order valence-corrected chi connectivity index (χ0v) is 21.4. The Bertz CT molecular complexity index is 1370. The number of fused-ring (bicyclic) bond motifs is 1. The summed E-state index contributed by atoms with van der Waals surface area (Å²) in [6, 6.07) is 7.68. The number of alkyl halides is 4. The molecule has 0 spiro atoms. The van der Waals surface area contributed by atoms with E-state index in [1.807, 2.05) is 0 Å². The van der Waals surface area contributed by atoms with E-state index in [1.165, 1.54) is 12.1 Å². The predicted molar refractivity (Wildman–Crippen MR) is 128 cm³/mol. The second-order valence-electron chi connectivity index (χ2n) is 9.54. The molecule has 2 amide bonds. The van der Waals surface area contributed by atoms with E-state index in [1.54, 1.807) is 0 Å². The van der Waals surface area contributed by atoms with Gasteiger partial charge >= 0.3 is 12.3 Å². The van der Waals surface area contributed by atoms with Crippen LogP contribution in [0.15, 0.2) is 47.4 Å². The van der Waals surface area contributed by atoms with Crippen molar-refractivity contribution in [3.05, 3.63) is 48.3 Å². The zero-order chi connectivity index (χ0) is 28.8. The van der Waals surface area contributed by atoms with Crippen LogP contribution in [-0.4, -0.2) is 57.6 Å². The number of hydrogen-bond acceptors (Lipinski definition) is 6. The third-order valence-corrected chi connectivity index (χ3v) is 7.92. The summed E-state index contributed by atoms with van der Waals surface area (Å²) in [5.41, 5.74) is -2.98. The first-order valence-corrected chi connectivity index (χ1v) is 13.1. The zero-order valence-electron chi connectivity index (χ0n) is 20.6. The Hall–Kier alpha value is -3.62. The first-order chi connectivity index (χ1) is 18.1. The number of halogens is 5. The van der Waals surface area contributed by atoms with Crippen molar-refractivity contribution < 1.29 is 49.4 Å². The lowest BCUT2D eigenvalue weighted by atomic mass is 10.1. The summed E-state index contributed by atoms with van der Waals surface area (Å²) >= 11 is 0. The number of sulfonamides is 1. The molecule has 0 saturated heterocycles. The highest BCUT2D eigenvalue weighted by Gasteiger charge is 2.51. The van der Waals surface area contributed by atoms with E-state index in [0.29, 0.717) is 13.8 Å². The second kappa shape index (κ2) is 10.2. The molecule has 2 N–H and O–H groups in total. The molecule has 0 radical (unpaired) electrons. The van der Waals surface area contributed by atoms with E-state index in [0.717, 1.165) is 34.6 Å². The van der Waals surface area contributed by atoms with Gasteiger partial charge in [0.15, 0.2) is 0 Å². The number of benzene rings is 2. The molecule has 1 heterocycles. The van der Waals surface area contributed by atoms with Crippen LogP contribution in [-0.2, 0) is 19.6 Å². The van der Waals surface area contributed by atoms with E-state index >= 15 is 0 Å². The molecule has 2 aliphatic rings. The Morgan fingerprint density at radius 3 is 2.36 bits per heavy atom. The molecule has 39 heavy (non-hydrogen) atoms. The van der Waals surface area contributed by atoms with Gasteiger partial charge in [0.2, 0.25) is 11.5 Å². The average Bonchev–Trinajstić information content (AvgIpc) is 3.57. The Balaban J connectivity index is 1.60. The fraction of sp³-hybridized carbons (Fsp3) is 0.417. The maximum atomic E-state index is 13.5. The molecule has 1 aliphatic carbocycles. The van der Waals surface area contributed by atoms with Crippen molar-refractivity contribution in [2.45, 2.75) is 49.2 Å². The summed E-state index contributed by atoms with van der Waals surface area (Å²) in [7, 11) is -4.35. The van der Waals surface area contributed by atoms with Gasteiger partial charge in [-0.05, 0) is 62.7 Å². The third kappa shape index (κ3) is 6.18. The van der Waals surface area contributed by atoms with E-state index < -0.39 is 57.8 Å². The van der Waals surface area contributed by atoms with Gasteiger partial charge in [0.25, 0.3) is 10.0 Å². The van der Waals surface area contributed by atoms with Crippen molar-refractivity contribution in [1.29, 1.82) is 0 Å². The normalized spacial score (nSPS) is 20.9. The molecule has 1 saturated carbocycles. The minimum Gasteiger partial charge on any atom is -0.484 e. The number of carbonyl (C=O) groups excluding carboxylic acids is 2. The maximum Gasteiger partial charge on any atom is 0.427 e. The van der Waals surface area contributed by atoms with Gasteiger partial charge in [-0.3, -0.25) is 14.4 Å². The SMILES string of the molecule is CC(C)(OC(=O)Nc1ccc2c(c1)N(S(=O)(=O)c1ccc(F)cc1)C[C@H](CNC(=O)C1C[C@@H]1F)O2)C(F)(F)F. The van der Waals surface area contributed by atoms with E-state index in [2.05, 4.69) is 15.4 Å². The Morgan fingerprint density at radius 1 is 1.13 bits per heavy atom. The molecule has 3 atom stereocenters. The number of hydrogen-bond donors (Lipinski definition) is 2. The van der Waals surface area contributed by atoms with Crippen LogP contribution in [0.25, 0.3) is 0 Å². The lowest BCUT2D eigenvalue weighted by molar-refractivity contribution is -0.242. The minimum atomic E-state index is -4.84. The summed E-state index contributed by atoms with van der Waals surface area (Å²) in [4.78, 5) is 23.9. The average molecular weight is 578 g/mol. The molecular formula is C24H24F5N3O6S. The third-order valence-electron chi connectivity index (χ3n) is 6.12. The second-order valence-corrected chi connectivity index (χ2v) is 11.4.